The van der Waals surface area contributed by atoms with E-state index in [4.69, 9.17) is 9.47 Å². The Morgan fingerprint density at radius 2 is 1.68 bits per heavy atom. The molecule has 1 aliphatic heterocycles. The summed E-state index contributed by atoms with van der Waals surface area (Å²) in [5, 5.41) is 10.1. The van der Waals surface area contributed by atoms with Gasteiger partial charge in [-0.2, -0.15) is 0 Å². The quantitative estimate of drug-likeness (QED) is 0.535. The molecule has 1 fully saturated rings. The van der Waals surface area contributed by atoms with Crippen molar-refractivity contribution in [2.24, 2.45) is 0 Å². The average molecular weight is 353 g/mol. The van der Waals surface area contributed by atoms with Crippen LogP contribution in [0.15, 0.2) is 24.3 Å². The normalized spacial score (nSPS) is 22.6. The summed E-state index contributed by atoms with van der Waals surface area (Å²) in [4.78, 5) is 3.07. The molecule has 1 atom stereocenters. The minimum absolute atomic E-state index is 0.158. The molecule has 0 bridgehead atoms. The van der Waals surface area contributed by atoms with Gasteiger partial charge in [0, 0.05) is 0 Å². The molecule has 1 saturated heterocycles. The van der Waals surface area contributed by atoms with Crippen LogP contribution in [0.25, 0.3) is 0 Å². The number of nitrogens with one attached hydrogen (secondary N) is 2. The van der Waals surface area contributed by atoms with Crippen LogP contribution in [0.3, 0.4) is 0 Å². The molecular formula is C20H36N2O3+2. The molecule has 0 saturated carbocycles. The first-order valence-corrected chi connectivity index (χ1v) is 9.48. The predicted molar refractivity (Wildman–Crippen MR) is 99.6 cm³/mol. The van der Waals surface area contributed by atoms with E-state index >= 15 is 0 Å². The highest BCUT2D eigenvalue weighted by atomic mass is 16.5. The maximum Gasteiger partial charge on any atom is 0.127 e. The first-order valence-electron chi connectivity index (χ1n) is 9.48. The van der Waals surface area contributed by atoms with E-state index in [1.54, 1.807) is 4.90 Å². The molecule has 25 heavy (non-hydrogen) atoms. The zero-order chi connectivity index (χ0) is 18.3. The largest absolute Gasteiger partial charge is 0.491 e. The number of aliphatic hydroxyl groups excluding tert-OH is 1. The molecule has 0 aliphatic carbocycles. The number of rotatable bonds is 8. The number of ether oxygens (including phenoxy) is 2. The number of quaternary nitrogens is 2. The van der Waals surface area contributed by atoms with Crippen molar-refractivity contribution in [3.63, 3.8) is 0 Å². The molecular weight excluding hydrogens is 316 g/mol. The van der Waals surface area contributed by atoms with Crippen LogP contribution in [0.5, 0.6) is 5.75 Å². The summed E-state index contributed by atoms with van der Waals surface area (Å²) in [5.74, 6) is 0.863. The van der Waals surface area contributed by atoms with Crippen molar-refractivity contribution in [1.29, 1.82) is 0 Å². The van der Waals surface area contributed by atoms with Crippen molar-refractivity contribution in [2.45, 2.75) is 32.3 Å². The fourth-order valence-corrected chi connectivity index (χ4v) is 3.12. The van der Waals surface area contributed by atoms with E-state index in [0.29, 0.717) is 19.8 Å². The van der Waals surface area contributed by atoms with Crippen molar-refractivity contribution in [1.82, 2.24) is 0 Å². The molecule has 5 nitrogen and oxygen atoms in total. The molecule has 142 valence electrons. The number of piperazine rings is 1. The molecule has 0 aromatic heterocycles. The van der Waals surface area contributed by atoms with Crippen LogP contribution in [-0.4, -0.2) is 70.8 Å². The van der Waals surface area contributed by atoms with Gasteiger partial charge in [0.25, 0.3) is 0 Å². The molecule has 0 unspecified atom stereocenters. The van der Waals surface area contributed by atoms with E-state index < -0.39 is 0 Å². The second kappa shape index (κ2) is 9.53. The van der Waals surface area contributed by atoms with Crippen LogP contribution in [-0.2, 0) is 10.2 Å². The number of likely N-dealkylation sites (N-methyl/N-ethyl adjacent to an activating group) is 1. The molecule has 0 amide bonds. The lowest BCUT2D eigenvalue weighted by molar-refractivity contribution is -1.00. The van der Waals surface area contributed by atoms with E-state index in [1.165, 1.54) is 23.6 Å². The van der Waals surface area contributed by atoms with E-state index in [2.05, 4.69) is 40.0 Å². The average Bonchev–Trinajstić information content (AvgIpc) is 2.56. The van der Waals surface area contributed by atoms with Crippen LogP contribution < -0.4 is 14.5 Å². The third-order valence-electron chi connectivity index (χ3n) is 4.86. The Labute approximate surface area is 152 Å². The number of hydrogen-bond donors (Lipinski definition) is 3. The second-order valence-electron chi connectivity index (χ2n) is 8.26. The summed E-state index contributed by atoms with van der Waals surface area (Å²) >= 11 is 0. The van der Waals surface area contributed by atoms with Crippen molar-refractivity contribution >= 4 is 0 Å². The van der Waals surface area contributed by atoms with Crippen molar-refractivity contribution < 1.29 is 24.4 Å². The van der Waals surface area contributed by atoms with Gasteiger partial charge in [0.1, 0.15) is 51.2 Å². The lowest BCUT2D eigenvalue weighted by Gasteiger charge is -2.28. The van der Waals surface area contributed by atoms with Crippen molar-refractivity contribution in [3.05, 3.63) is 29.8 Å². The molecule has 1 heterocycles. The maximum atomic E-state index is 10.1. The van der Waals surface area contributed by atoms with Crippen LogP contribution in [0, 0.1) is 0 Å². The maximum absolute atomic E-state index is 10.1. The van der Waals surface area contributed by atoms with Gasteiger partial charge in [0.05, 0.1) is 20.3 Å². The standard InChI is InChI=1S/C20H34N2O3/c1-20(2,3)17-5-7-19(8-6-17)25-14-13-24-16-18(23)15-22-11-9-21(4)10-12-22/h5-8,18,23H,9-16H2,1-4H3/p+2/t18-/m0/s1. The minimum Gasteiger partial charge on any atom is -0.491 e. The Kier molecular flexibility index (Phi) is 7.69. The summed E-state index contributed by atoms with van der Waals surface area (Å²) in [6, 6.07) is 8.24. The van der Waals surface area contributed by atoms with Gasteiger partial charge in [-0.25, -0.2) is 0 Å². The van der Waals surface area contributed by atoms with E-state index in [9.17, 15) is 5.11 Å². The number of hydrogen-bond acceptors (Lipinski definition) is 3. The summed E-state index contributed by atoms with van der Waals surface area (Å²) in [5.41, 5.74) is 1.46. The third-order valence-corrected chi connectivity index (χ3v) is 4.86. The van der Waals surface area contributed by atoms with Crippen molar-refractivity contribution in [2.75, 3.05) is 59.6 Å². The highest BCUT2D eigenvalue weighted by Crippen LogP contribution is 2.24. The van der Waals surface area contributed by atoms with Crippen LogP contribution >= 0.6 is 0 Å². The fourth-order valence-electron chi connectivity index (χ4n) is 3.12. The smallest absolute Gasteiger partial charge is 0.127 e. The monoisotopic (exact) mass is 352 g/mol. The zero-order valence-electron chi connectivity index (χ0n) is 16.3. The SMILES string of the molecule is C[NH+]1CC[NH+](C[C@H](O)COCCOc2ccc(C(C)(C)C)cc2)CC1. The van der Waals surface area contributed by atoms with Gasteiger partial charge < -0.3 is 24.4 Å². The molecule has 0 radical (unpaired) electrons. The molecule has 3 N–H and O–H groups in total. The lowest BCUT2D eigenvalue weighted by atomic mass is 9.87. The summed E-state index contributed by atoms with van der Waals surface area (Å²) < 4.78 is 11.3. The predicted octanol–water partition coefficient (Wildman–Crippen LogP) is -0.846. The van der Waals surface area contributed by atoms with Crippen LogP contribution in [0.2, 0.25) is 0 Å². The zero-order valence-corrected chi connectivity index (χ0v) is 16.3. The van der Waals surface area contributed by atoms with Gasteiger partial charge in [0.2, 0.25) is 0 Å². The molecule has 1 aromatic carbocycles. The number of benzene rings is 1. The Balaban J connectivity index is 1.57. The Bertz CT molecular complexity index is 491. The summed E-state index contributed by atoms with van der Waals surface area (Å²) in [6.45, 7) is 13.4. The van der Waals surface area contributed by atoms with Gasteiger partial charge >= 0.3 is 0 Å². The Hall–Kier alpha value is -1.14. The van der Waals surface area contributed by atoms with Gasteiger partial charge in [-0.05, 0) is 23.1 Å². The highest BCUT2D eigenvalue weighted by molar-refractivity contribution is 5.31. The fraction of sp³-hybridized carbons (Fsp3) is 0.700. The first-order chi connectivity index (χ1) is 11.8. The first kappa shape index (κ1) is 20.2. The highest BCUT2D eigenvalue weighted by Gasteiger charge is 2.22. The van der Waals surface area contributed by atoms with Gasteiger partial charge in [-0.3, -0.25) is 0 Å². The van der Waals surface area contributed by atoms with Crippen LogP contribution in [0.4, 0.5) is 0 Å². The molecule has 1 aliphatic rings. The third kappa shape index (κ3) is 7.32. The summed E-state index contributed by atoms with van der Waals surface area (Å²) in [6.07, 6.45) is -0.389. The number of aliphatic hydroxyl groups is 1. The van der Waals surface area contributed by atoms with Crippen molar-refractivity contribution in [3.8, 4) is 5.75 Å². The van der Waals surface area contributed by atoms with Crippen LogP contribution in [0.1, 0.15) is 26.3 Å². The molecule has 5 heteroatoms. The van der Waals surface area contributed by atoms with E-state index in [0.717, 1.165) is 25.4 Å². The van der Waals surface area contributed by atoms with E-state index in [-0.39, 0.29) is 11.5 Å². The summed E-state index contributed by atoms with van der Waals surface area (Å²) in [7, 11) is 2.23. The minimum atomic E-state index is -0.389. The Morgan fingerprint density at radius 1 is 1.04 bits per heavy atom. The van der Waals surface area contributed by atoms with Gasteiger partial charge in [-0.1, -0.05) is 32.9 Å². The Morgan fingerprint density at radius 3 is 2.28 bits per heavy atom. The molecule has 1 aromatic rings. The second-order valence-corrected chi connectivity index (χ2v) is 8.26. The lowest BCUT2D eigenvalue weighted by Crippen LogP contribution is -3.27. The molecule has 0 spiro atoms. The molecule has 2 rings (SSSR count). The topological polar surface area (TPSA) is 47.6 Å². The van der Waals surface area contributed by atoms with Gasteiger partial charge in [0.15, 0.2) is 0 Å². The van der Waals surface area contributed by atoms with E-state index in [1.807, 2.05) is 12.1 Å². The van der Waals surface area contributed by atoms with Gasteiger partial charge in [-0.15, -0.1) is 0 Å².